The lowest BCUT2D eigenvalue weighted by molar-refractivity contribution is -0.0641. The molecule has 5 heteroatoms. The highest BCUT2D eigenvalue weighted by molar-refractivity contribution is 6.32. The number of rotatable bonds is 2. The van der Waals surface area contributed by atoms with E-state index in [4.69, 9.17) is 11.6 Å². The van der Waals surface area contributed by atoms with Gasteiger partial charge < -0.3 is 5.32 Å². The van der Waals surface area contributed by atoms with Crippen molar-refractivity contribution in [2.45, 2.75) is 45.1 Å². The highest BCUT2D eigenvalue weighted by Gasteiger charge is 2.53. The fourth-order valence-corrected chi connectivity index (χ4v) is 5.65. The predicted octanol–water partition coefficient (Wildman–Crippen LogP) is 3.02. The van der Waals surface area contributed by atoms with Crippen LogP contribution in [0, 0.1) is 23.2 Å². The van der Waals surface area contributed by atoms with Gasteiger partial charge in [0.05, 0.1) is 11.8 Å². The first-order valence-corrected chi connectivity index (χ1v) is 8.31. The van der Waals surface area contributed by atoms with E-state index < -0.39 is 0 Å². The average molecular weight is 308 g/mol. The van der Waals surface area contributed by atoms with Gasteiger partial charge in [-0.15, -0.1) is 0 Å². The SMILES string of the molecule is Cn1ncc(C(=O)NC2[C@@H]3CC4C[C@H]2CC(C)(C4)C3)c1Cl. The number of aromatic nitrogens is 2. The quantitative estimate of drug-likeness (QED) is 0.913. The number of hydrogen-bond acceptors (Lipinski definition) is 2. The summed E-state index contributed by atoms with van der Waals surface area (Å²) in [6, 6.07) is 0.332. The number of nitrogens with zero attached hydrogens (tertiary/aromatic N) is 2. The van der Waals surface area contributed by atoms with Crippen LogP contribution in [0.4, 0.5) is 0 Å². The molecular formula is C16H22ClN3O. The van der Waals surface area contributed by atoms with E-state index in [2.05, 4.69) is 17.3 Å². The van der Waals surface area contributed by atoms with Crippen molar-refractivity contribution < 1.29 is 4.79 Å². The molecule has 4 aliphatic rings. The summed E-state index contributed by atoms with van der Waals surface area (Å²) in [7, 11) is 1.75. The van der Waals surface area contributed by atoms with Gasteiger partial charge in [0.15, 0.2) is 0 Å². The lowest BCUT2D eigenvalue weighted by Gasteiger charge is -2.59. The molecule has 0 aromatic carbocycles. The summed E-state index contributed by atoms with van der Waals surface area (Å²) in [5, 5.41) is 7.75. The van der Waals surface area contributed by atoms with Crippen LogP contribution in [0.5, 0.6) is 0 Å². The predicted molar refractivity (Wildman–Crippen MR) is 81.1 cm³/mol. The molecule has 1 aromatic rings. The highest BCUT2D eigenvalue weighted by Crippen LogP contribution is 2.59. The molecule has 4 bridgehead atoms. The third kappa shape index (κ3) is 2.10. The number of amides is 1. The van der Waals surface area contributed by atoms with Crippen LogP contribution in [-0.2, 0) is 7.05 Å². The third-order valence-electron chi connectivity index (χ3n) is 5.99. The Balaban J connectivity index is 1.53. The van der Waals surface area contributed by atoms with Crippen LogP contribution in [0.1, 0.15) is 49.4 Å². The molecule has 0 aliphatic heterocycles. The van der Waals surface area contributed by atoms with Gasteiger partial charge in [0.1, 0.15) is 5.15 Å². The van der Waals surface area contributed by atoms with Crippen LogP contribution in [0.25, 0.3) is 0 Å². The topological polar surface area (TPSA) is 46.9 Å². The number of nitrogens with one attached hydrogen (secondary N) is 1. The fraction of sp³-hybridized carbons (Fsp3) is 0.750. The van der Waals surface area contributed by atoms with E-state index in [0.29, 0.717) is 34.0 Å². The second-order valence-corrected chi connectivity index (χ2v) is 8.11. The van der Waals surface area contributed by atoms with Crippen LogP contribution in [-0.4, -0.2) is 21.7 Å². The van der Waals surface area contributed by atoms with Crippen molar-refractivity contribution in [1.29, 1.82) is 0 Å². The standard InChI is InChI=1S/C16H22ClN3O/c1-16-5-9-3-10(6-16)13(11(4-9)7-16)19-15(21)12-8-18-20(2)14(12)17/h8-11,13H,3-7H2,1-2H3,(H,19,21)/t9?,10-,11+,13?,16?. The van der Waals surface area contributed by atoms with Crippen LogP contribution >= 0.6 is 11.6 Å². The molecule has 4 nitrogen and oxygen atoms in total. The van der Waals surface area contributed by atoms with Crippen LogP contribution in [0.15, 0.2) is 6.20 Å². The minimum Gasteiger partial charge on any atom is -0.349 e. The molecule has 1 amide bonds. The van der Waals surface area contributed by atoms with Gasteiger partial charge in [-0.2, -0.15) is 5.10 Å². The van der Waals surface area contributed by atoms with Crippen molar-refractivity contribution in [2.75, 3.05) is 0 Å². The van der Waals surface area contributed by atoms with E-state index in [1.807, 2.05) is 0 Å². The maximum absolute atomic E-state index is 12.5. The monoisotopic (exact) mass is 307 g/mol. The van der Waals surface area contributed by atoms with Gasteiger partial charge in [0, 0.05) is 13.1 Å². The molecule has 4 aliphatic carbocycles. The normalized spacial score (nSPS) is 40.5. The third-order valence-corrected chi connectivity index (χ3v) is 6.44. The summed E-state index contributed by atoms with van der Waals surface area (Å²) in [5.41, 5.74) is 1.03. The number of carbonyl (C=O) groups excluding carboxylic acids is 1. The fourth-order valence-electron chi connectivity index (χ4n) is 5.47. The van der Waals surface area contributed by atoms with E-state index in [1.54, 1.807) is 13.2 Å². The molecule has 3 unspecified atom stereocenters. The van der Waals surface area contributed by atoms with Gasteiger partial charge in [-0.25, -0.2) is 0 Å². The average Bonchev–Trinajstić information content (AvgIpc) is 2.72. The van der Waals surface area contributed by atoms with Crippen LogP contribution in [0.3, 0.4) is 0 Å². The molecule has 5 rings (SSSR count). The summed E-state index contributed by atoms with van der Waals surface area (Å²) in [6.45, 7) is 2.44. The zero-order valence-corrected chi connectivity index (χ0v) is 13.4. The first kappa shape index (κ1) is 13.6. The van der Waals surface area contributed by atoms with E-state index in [-0.39, 0.29) is 5.91 Å². The summed E-state index contributed by atoms with van der Waals surface area (Å²) >= 11 is 6.13. The summed E-state index contributed by atoms with van der Waals surface area (Å²) < 4.78 is 1.54. The maximum Gasteiger partial charge on any atom is 0.256 e. The van der Waals surface area contributed by atoms with Crippen LogP contribution < -0.4 is 5.32 Å². The zero-order chi connectivity index (χ0) is 14.8. The smallest absolute Gasteiger partial charge is 0.256 e. The van der Waals surface area contributed by atoms with Gasteiger partial charge in [0.2, 0.25) is 0 Å². The van der Waals surface area contributed by atoms with Crippen molar-refractivity contribution in [2.24, 2.45) is 30.2 Å². The van der Waals surface area contributed by atoms with E-state index in [9.17, 15) is 4.79 Å². The number of aryl methyl sites for hydroxylation is 1. The second-order valence-electron chi connectivity index (χ2n) is 7.75. The van der Waals surface area contributed by atoms with E-state index in [1.165, 1.54) is 36.8 Å². The minimum atomic E-state index is -0.0595. The molecule has 1 aromatic heterocycles. The van der Waals surface area contributed by atoms with Gasteiger partial charge in [0.25, 0.3) is 5.91 Å². The molecule has 5 atom stereocenters. The first-order chi connectivity index (χ1) is 9.95. The lowest BCUT2D eigenvalue weighted by Crippen LogP contribution is -2.58. The summed E-state index contributed by atoms with van der Waals surface area (Å²) in [4.78, 5) is 12.5. The van der Waals surface area contributed by atoms with Crippen LogP contribution in [0.2, 0.25) is 5.15 Å². The molecule has 1 N–H and O–H groups in total. The van der Waals surface area contributed by atoms with E-state index in [0.717, 1.165) is 5.92 Å². The maximum atomic E-state index is 12.5. The molecule has 0 saturated heterocycles. The minimum absolute atomic E-state index is 0.0595. The van der Waals surface area contributed by atoms with Crippen molar-refractivity contribution >= 4 is 17.5 Å². The first-order valence-electron chi connectivity index (χ1n) is 7.93. The molecule has 4 saturated carbocycles. The molecule has 114 valence electrons. The Labute approximate surface area is 130 Å². The van der Waals surface area contributed by atoms with E-state index >= 15 is 0 Å². The Bertz CT molecular complexity index is 580. The number of carbonyl (C=O) groups is 1. The highest BCUT2D eigenvalue weighted by atomic mass is 35.5. The van der Waals surface area contributed by atoms with Crippen molar-refractivity contribution in [3.8, 4) is 0 Å². The van der Waals surface area contributed by atoms with Gasteiger partial charge in [-0.05, 0) is 55.3 Å². The van der Waals surface area contributed by atoms with Gasteiger partial charge >= 0.3 is 0 Å². The van der Waals surface area contributed by atoms with Crippen molar-refractivity contribution in [3.05, 3.63) is 16.9 Å². The molecule has 1 heterocycles. The summed E-state index contributed by atoms with van der Waals surface area (Å²) in [5.74, 6) is 2.14. The Morgan fingerprint density at radius 2 is 2.05 bits per heavy atom. The van der Waals surface area contributed by atoms with Gasteiger partial charge in [-0.1, -0.05) is 18.5 Å². The summed E-state index contributed by atoms with van der Waals surface area (Å²) in [6.07, 6.45) is 8.08. The van der Waals surface area contributed by atoms with Gasteiger partial charge in [-0.3, -0.25) is 9.48 Å². The second kappa shape index (κ2) is 4.48. The Hall–Kier alpha value is -1.03. The Morgan fingerprint density at radius 1 is 1.38 bits per heavy atom. The largest absolute Gasteiger partial charge is 0.349 e. The van der Waals surface area contributed by atoms with Crippen molar-refractivity contribution in [3.63, 3.8) is 0 Å². The lowest BCUT2D eigenvalue weighted by atomic mass is 9.48. The molecule has 0 radical (unpaired) electrons. The molecule has 0 spiro atoms. The van der Waals surface area contributed by atoms with Crippen molar-refractivity contribution in [1.82, 2.24) is 15.1 Å². The molecule has 21 heavy (non-hydrogen) atoms. The Morgan fingerprint density at radius 3 is 2.57 bits per heavy atom. The number of halogens is 1. The Kier molecular flexibility index (Phi) is 2.91. The number of hydrogen-bond donors (Lipinski definition) is 1. The zero-order valence-electron chi connectivity index (χ0n) is 12.6. The molecule has 4 fully saturated rings. The molecular weight excluding hydrogens is 286 g/mol.